The lowest BCUT2D eigenvalue weighted by atomic mass is 10.2. The number of benzene rings is 2. The summed E-state index contributed by atoms with van der Waals surface area (Å²) in [6.07, 6.45) is 0.593. The minimum atomic E-state index is -0.364. The van der Waals surface area contributed by atoms with Crippen molar-refractivity contribution in [2.75, 3.05) is 10.6 Å². The van der Waals surface area contributed by atoms with E-state index in [1.165, 1.54) is 24.3 Å². The van der Waals surface area contributed by atoms with E-state index in [1.807, 2.05) is 13.8 Å². The van der Waals surface area contributed by atoms with E-state index in [0.29, 0.717) is 17.8 Å². The molecule has 3 rings (SSSR count). The van der Waals surface area contributed by atoms with E-state index in [0.717, 1.165) is 5.75 Å². The largest absolute Gasteiger partial charge is 0.491 e. The number of anilines is 2. The van der Waals surface area contributed by atoms with Crippen molar-refractivity contribution in [3.8, 4) is 5.75 Å². The van der Waals surface area contributed by atoms with Crippen molar-refractivity contribution >= 4 is 23.2 Å². The molecular weight excluding hydrogens is 335 g/mol. The molecular formula is C20H21FN2O3. The predicted octanol–water partition coefficient (Wildman–Crippen LogP) is 3.83. The van der Waals surface area contributed by atoms with Gasteiger partial charge in [0.15, 0.2) is 0 Å². The maximum atomic E-state index is 12.9. The molecule has 1 saturated carbocycles. The minimum absolute atomic E-state index is 0.0854. The van der Waals surface area contributed by atoms with E-state index in [2.05, 4.69) is 10.6 Å². The van der Waals surface area contributed by atoms with Crippen LogP contribution < -0.4 is 15.4 Å². The van der Waals surface area contributed by atoms with Crippen LogP contribution in [0.4, 0.5) is 15.8 Å². The van der Waals surface area contributed by atoms with Crippen LogP contribution in [-0.2, 0) is 9.59 Å². The second kappa shape index (κ2) is 7.56. The summed E-state index contributed by atoms with van der Waals surface area (Å²) in [6.45, 7) is 3.89. The molecule has 0 bridgehead atoms. The topological polar surface area (TPSA) is 67.4 Å². The molecule has 2 atom stereocenters. The lowest BCUT2D eigenvalue weighted by Gasteiger charge is -2.10. The maximum absolute atomic E-state index is 12.9. The van der Waals surface area contributed by atoms with Crippen LogP contribution in [-0.4, -0.2) is 17.9 Å². The highest BCUT2D eigenvalue weighted by Crippen LogP contribution is 2.40. The van der Waals surface area contributed by atoms with Gasteiger partial charge in [0.25, 0.3) is 0 Å². The number of hydrogen-bond acceptors (Lipinski definition) is 3. The van der Waals surface area contributed by atoms with Crippen LogP contribution in [0.15, 0.2) is 48.5 Å². The zero-order valence-corrected chi connectivity index (χ0v) is 14.7. The Bertz CT molecular complexity index is 788. The zero-order valence-electron chi connectivity index (χ0n) is 14.7. The van der Waals surface area contributed by atoms with Gasteiger partial charge >= 0.3 is 0 Å². The first-order valence-electron chi connectivity index (χ1n) is 8.56. The normalized spacial score (nSPS) is 18.3. The molecule has 0 saturated heterocycles. The Kier molecular flexibility index (Phi) is 5.21. The van der Waals surface area contributed by atoms with Crippen molar-refractivity contribution in [3.05, 3.63) is 54.3 Å². The lowest BCUT2D eigenvalue weighted by Crippen LogP contribution is -2.20. The van der Waals surface area contributed by atoms with Crippen LogP contribution in [0.3, 0.4) is 0 Å². The second-order valence-electron chi connectivity index (χ2n) is 6.63. The van der Waals surface area contributed by atoms with Crippen LogP contribution in [0, 0.1) is 17.7 Å². The number of nitrogens with one attached hydrogen (secondary N) is 2. The molecule has 0 aliphatic heterocycles. The number of carbonyl (C=O) groups is 2. The molecule has 26 heavy (non-hydrogen) atoms. The quantitative estimate of drug-likeness (QED) is 0.827. The van der Waals surface area contributed by atoms with Gasteiger partial charge in [0.05, 0.1) is 17.9 Å². The van der Waals surface area contributed by atoms with Gasteiger partial charge in [0, 0.05) is 11.4 Å². The minimum Gasteiger partial charge on any atom is -0.491 e. The first-order chi connectivity index (χ1) is 12.4. The average molecular weight is 356 g/mol. The Morgan fingerprint density at radius 3 is 1.85 bits per heavy atom. The molecule has 0 radical (unpaired) electrons. The molecule has 1 fully saturated rings. The molecule has 2 unspecified atom stereocenters. The van der Waals surface area contributed by atoms with E-state index >= 15 is 0 Å². The molecule has 0 heterocycles. The molecule has 0 aromatic heterocycles. The molecule has 136 valence electrons. The SMILES string of the molecule is CC(C)Oc1ccc(NC(=O)C2CC2C(=O)Nc2ccc(F)cc2)cc1. The molecule has 5 nitrogen and oxygen atoms in total. The number of rotatable bonds is 6. The Labute approximate surface area is 151 Å². The van der Waals surface area contributed by atoms with Crippen LogP contribution in [0.2, 0.25) is 0 Å². The fourth-order valence-electron chi connectivity index (χ4n) is 2.67. The number of hydrogen-bond donors (Lipinski definition) is 2. The molecule has 1 aliphatic carbocycles. The predicted molar refractivity (Wildman–Crippen MR) is 97.5 cm³/mol. The highest BCUT2D eigenvalue weighted by atomic mass is 19.1. The van der Waals surface area contributed by atoms with Crippen molar-refractivity contribution < 1.29 is 18.7 Å². The fourth-order valence-corrected chi connectivity index (χ4v) is 2.67. The lowest BCUT2D eigenvalue weighted by molar-refractivity contribution is -0.122. The number of ether oxygens (including phenoxy) is 1. The monoisotopic (exact) mass is 356 g/mol. The number of amides is 2. The third-order valence-electron chi connectivity index (χ3n) is 4.07. The molecule has 2 N–H and O–H groups in total. The van der Waals surface area contributed by atoms with Gasteiger partial charge in [-0.15, -0.1) is 0 Å². The van der Waals surface area contributed by atoms with Gasteiger partial charge in [-0.3, -0.25) is 9.59 Å². The Morgan fingerprint density at radius 2 is 1.38 bits per heavy atom. The third kappa shape index (κ3) is 4.59. The van der Waals surface area contributed by atoms with Crippen molar-refractivity contribution in [2.45, 2.75) is 26.4 Å². The average Bonchev–Trinajstić information content (AvgIpc) is 3.39. The summed E-state index contributed by atoms with van der Waals surface area (Å²) in [6, 6.07) is 12.7. The molecule has 1 aliphatic rings. The van der Waals surface area contributed by atoms with Crippen molar-refractivity contribution in [1.82, 2.24) is 0 Å². The first kappa shape index (κ1) is 17.9. The maximum Gasteiger partial charge on any atom is 0.228 e. The van der Waals surface area contributed by atoms with Gasteiger partial charge in [-0.25, -0.2) is 4.39 Å². The standard InChI is InChI=1S/C20H21FN2O3/c1-12(2)26-16-9-7-15(8-10-16)23-20(25)18-11-17(18)19(24)22-14-5-3-13(21)4-6-14/h3-10,12,17-18H,11H2,1-2H3,(H,22,24)(H,23,25). The third-order valence-corrected chi connectivity index (χ3v) is 4.07. The molecule has 0 spiro atoms. The van der Waals surface area contributed by atoms with Gasteiger partial charge in [-0.05, 0) is 68.8 Å². The van der Waals surface area contributed by atoms with Crippen LogP contribution in [0.5, 0.6) is 5.75 Å². The first-order valence-corrected chi connectivity index (χ1v) is 8.56. The summed E-state index contributed by atoms with van der Waals surface area (Å²) in [4.78, 5) is 24.5. The second-order valence-corrected chi connectivity index (χ2v) is 6.63. The molecule has 6 heteroatoms. The molecule has 2 aromatic carbocycles. The number of halogens is 1. The molecule has 2 aromatic rings. The molecule has 2 amide bonds. The van der Waals surface area contributed by atoms with E-state index in [9.17, 15) is 14.0 Å². The summed E-state index contributed by atoms with van der Waals surface area (Å²) >= 11 is 0. The van der Waals surface area contributed by atoms with Crippen molar-refractivity contribution in [3.63, 3.8) is 0 Å². The summed E-state index contributed by atoms with van der Waals surface area (Å²) in [5, 5.41) is 5.52. The Morgan fingerprint density at radius 1 is 0.923 bits per heavy atom. The summed E-state index contributed by atoms with van der Waals surface area (Å²) in [7, 11) is 0. The van der Waals surface area contributed by atoms with Crippen molar-refractivity contribution in [2.24, 2.45) is 11.8 Å². The van der Waals surface area contributed by atoms with Crippen LogP contribution in [0.1, 0.15) is 20.3 Å². The summed E-state index contributed by atoms with van der Waals surface area (Å²) in [5.41, 5.74) is 1.18. The van der Waals surface area contributed by atoms with Crippen LogP contribution in [0.25, 0.3) is 0 Å². The van der Waals surface area contributed by atoms with Gasteiger partial charge in [-0.1, -0.05) is 0 Å². The van der Waals surface area contributed by atoms with E-state index < -0.39 is 0 Å². The van der Waals surface area contributed by atoms with Gasteiger partial charge in [0.1, 0.15) is 11.6 Å². The smallest absolute Gasteiger partial charge is 0.228 e. The van der Waals surface area contributed by atoms with Gasteiger partial charge < -0.3 is 15.4 Å². The Balaban J connectivity index is 1.50. The van der Waals surface area contributed by atoms with Crippen molar-refractivity contribution in [1.29, 1.82) is 0 Å². The number of carbonyl (C=O) groups excluding carboxylic acids is 2. The Hall–Kier alpha value is -2.89. The van der Waals surface area contributed by atoms with E-state index in [-0.39, 0.29) is 35.6 Å². The fraction of sp³-hybridized carbons (Fsp3) is 0.300. The van der Waals surface area contributed by atoms with E-state index in [4.69, 9.17) is 4.74 Å². The summed E-state index contributed by atoms with van der Waals surface area (Å²) < 4.78 is 18.4. The summed E-state index contributed by atoms with van der Waals surface area (Å²) in [5.74, 6) is -0.734. The highest BCUT2D eigenvalue weighted by molar-refractivity contribution is 6.03. The highest BCUT2D eigenvalue weighted by Gasteiger charge is 2.48. The van der Waals surface area contributed by atoms with Gasteiger partial charge in [0.2, 0.25) is 11.8 Å². The van der Waals surface area contributed by atoms with E-state index in [1.54, 1.807) is 24.3 Å². The zero-order chi connectivity index (χ0) is 18.7. The van der Waals surface area contributed by atoms with Gasteiger partial charge in [-0.2, -0.15) is 0 Å². The van der Waals surface area contributed by atoms with Crippen LogP contribution >= 0.6 is 0 Å².